The van der Waals surface area contributed by atoms with Crippen molar-refractivity contribution in [3.8, 4) is 0 Å². The Labute approximate surface area is 82.8 Å². The van der Waals surface area contributed by atoms with Gasteiger partial charge in [-0.2, -0.15) is 0 Å². The summed E-state index contributed by atoms with van der Waals surface area (Å²) in [6, 6.07) is 4.79. The molecule has 0 amide bonds. The number of aliphatic imine (C=N–C) groups is 1. The molecule has 14 heavy (non-hydrogen) atoms. The van der Waals surface area contributed by atoms with E-state index in [1.807, 2.05) is 13.8 Å². The SMILES string of the molecule is CCN=C(N)Nc1cc(C)ccc1F. The highest BCUT2D eigenvalue weighted by Gasteiger charge is 2.02. The molecule has 0 unspecified atom stereocenters. The molecule has 0 aliphatic heterocycles. The fourth-order valence-corrected chi connectivity index (χ4v) is 1.08. The van der Waals surface area contributed by atoms with Crippen LogP contribution in [0.15, 0.2) is 23.2 Å². The Morgan fingerprint density at radius 3 is 2.93 bits per heavy atom. The lowest BCUT2D eigenvalue weighted by atomic mass is 10.2. The molecule has 1 rings (SSSR count). The Morgan fingerprint density at radius 2 is 2.29 bits per heavy atom. The third kappa shape index (κ3) is 2.73. The molecule has 0 saturated heterocycles. The summed E-state index contributed by atoms with van der Waals surface area (Å²) in [6.45, 7) is 4.32. The van der Waals surface area contributed by atoms with Crippen molar-refractivity contribution in [1.82, 2.24) is 0 Å². The van der Waals surface area contributed by atoms with Gasteiger partial charge < -0.3 is 11.1 Å². The van der Waals surface area contributed by atoms with Crippen LogP contribution in [0, 0.1) is 12.7 Å². The van der Waals surface area contributed by atoms with Crippen LogP contribution in [-0.2, 0) is 0 Å². The minimum absolute atomic E-state index is 0.233. The number of nitrogens with zero attached hydrogens (tertiary/aromatic N) is 1. The second kappa shape index (κ2) is 4.60. The second-order valence-corrected chi connectivity index (χ2v) is 2.97. The lowest BCUT2D eigenvalue weighted by Gasteiger charge is -2.06. The lowest BCUT2D eigenvalue weighted by molar-refractivity contribution is 0.631. The van der Waals surface area contributed by atoms with Gasteiger partial charge in [-0.25, -0.2) is 4.39 Å². The maximum Gasteiger partial charge on any atom is 0.193 e. The number of halogens is 1. The van der Waals surface area contributed by atoms with Crippen molar-refractivity contribution in [3.05, 3.63) is 29.6 Å². The zero-order valence-electron chi connectivity index (χ0n) is 8.34. The van der Waals surface area contributed by atoms with Gasteiger partial charge in [-0.05, 0) is 31.5 Å². The van der Waals surface area contributed by atoms with Crippen LogP contribution in [0.3, 0.4) is 0 Å². The van der Waals surface area contributed by atoms with Crippen molar-refractivity contribution < 1.29 is 4.39 Å². The zero-order valence-corrected chi connectivity index (χ0v) is 8.34. The smallest absolute Gasteiger partial charge is 0.193 e. The van der Waals surface area contributed by atoms with Crippen LogP contribution >= 0.6 is 0 Å². The van der Waals surface area contributed by atoms with Crippen molar-refractivity contribution in [1.29, 1.82) is 0 Å². The highest BCUT2D eigenvalue weighted by molar-refractivity contribution is 5.92. The molecule has 3 nitrogen and oxygen atoms in total. The van der Waals surface area contributed by atoms with E-state index in [4.69, 9.17) is 5.73 Å². The molecule has 0 bridgehead atoms. The molecule has 1 aromatic rings. The highest BCUT2D eigenvalue weighted by Crippen LogP contribution is 2.14. The summed E-state index contributed by atoms with van der Waals surface area (Å²) in [7, 11) is 0. The minimum atomic E-state index is -0.329. The average molecular weight is 195 g/mol. The van der Waals surface area contributed by atoms with Crippen LogP contribution in [-0.4, -0.2) is 12.5 Å². The van der Waals surface area contributed by atoms with Gasteiger partial charge in [0.15, 0.2) is 5.96 Å². The predicted octanol–water partition coefficient (Wildman–Crippen LogP) is 1.88. The Morgan fingerprint density at radius 1 is 1.57 bits per heavy atom. The maximum atomic E-state index is 13.2. The molecule has 0 heterocycles. The Hall–Kier alpha value is -1.58. The molecule has 0 saturated carbocycles. The standard InChI is InChI=1S/C10H14FN3/c1-3-13-10(12)14-9-6-7(2)4-5-8(9)11/h4-6H,3H2,1-2H3,(H3,12,13,14). The Kier molecular flexibility index (Phi) is 3.45. The first-order valence-electron chi connectivity index (χ1n) is 4.46. The van der Waals surface area contributed by atoms with Crippen LogP contribution < -0.4 is 11.1 Å². The third-order valence-corrected chi connectivity index (χ3v) is 1.71. The average Bonchev–Trinajstić information content (AvgIpc) is 2.12. The van der Waals surface area contributed by atoms with Crippen LogP contribution in [0.4, 0.5) is 10.1 Å². The third-order valence-electron chi connectivity index (χ3n) is 1.71. The number of nitrogens with one attached hydrogen (secondary N) is 1. The van der Waals surface area contributed by atoms with E-state index in [0.717, 1.165) is 5.56 Å². The number of aryl methyl sites for hydroxylation is 1. The van der Waals surface area contributed by atoms with E-state index in [-0.39, 0.29) is 11.8 Å². The van der Waals surface area contributed by atoms with Crippen LogP contribution in [0.5, 0.6) is 0 Å². The second-order valence-electron chi connectivity index (χ2n) is 2.97. The fraction of sp³-hybridized carbons (Fsp3) is 0.300. The van der Waals surface area contributed by atoms with Crippen molar-refractivity contribution >= 4 is 11.6 Å². The van der Waals surface area contributed by atoms with E-state index < -0.39 is 0 Å². The van der Waals surface area contributed by atoms with Gasteiger partial charge in [0.25, 0.3) is 0 Å². The minimum Gasteiger partial charge on any atom is -0.370 e. The maximum absolute atomic E-state index is 13.2. The van der Waals surface area contributed by atoms with E-state index >= 15 is 0 Å². The van der Waals surface area contributed by atoms with Crippen molar-refractivity contribution in [2.75, 3.05) is 11.9 Å². The fourth-order valence-electron chi connectivity index (χ4n) is 1.08. The molecular weight excluding hydrogens is 181 g/mol. The molecule has 1 aromatic carbocycles. The number of anilines is 1. The molecule has 0 spiro atoms. The van der Waals surface area contributed by atoms with Crippen LogP contribution in [0.2, 0.25) is 0 Å². The van der Waals surface area contributed by atoms with E-state index in [1.54, 1.807) is 12.1 Å². The predicted molar refractivity (Wildman–Crippen MR) is 56.9 cm³/mol. The highest BCUT2D eigenvalue weighted by atomic mass is 19.1. The monoisotopic (exact) mass is 195 g/mol. The lowest BCUT2D eigenvalue weighted by Crippen LogP contribution is -2.23. The molecule has 0 atom stereocenters. The Balaban J connectivity index is 2.85. The van der Waals surface area contributed by atoms with Crippen molar-refractivity contribution in [2.45, 2.75) is 13.8 Å². The van der Waals surface area contributed by atoms with E-state index in [1.165, 1.54) is 6.07 Å². The molecule has 4 heteroatoms. The number of benzene rings is 1. The summed E-state index contributed by atoms with van der Waals surface area (Å²) in [6.07, 6.45) is 0. The summed E-state index contributed by atoms with van der Waals surface area (Å²) in [4.78, 5) is 3.91. The number of guanidine groups is 1. The van der Waals surface area contributed by atoms with Gasteiger partial charge in [-0.15, -0.1) is 0 Å². The van der Waals surface area contributed by atoms with Crippen LogP contribution in [0.1, 0.15) is 12.5 Å². The number of hydrogen-bond donors (Lipinski definition) is 2. The van der Waals surface area contributed by atoms with E-state index in [9.17, 15) is 4.39 Å². The first-order chi connectivity index (χ1) is 6.63. The van der Waals surface area contributed by atoms with E-state index in [2.05, 4.69) is 10.3 Å². The summed E-state index contributed by atoms with van der Waals surface area (Å²) >= 11 is 0. The van der Waals surface area contributed by atoms with Gasteiger partial charge >= 0.3 is 0 Å². The van der Waals surface area contributed by atoms with Crippen molar-refractivity contribution in [2.24, 2.45) is 10.7 Å². The number of hydrogen-bond acceptors (Lipinski definition) is 1. The quantitative estimate of drug-likeness (QED) is 0.559. The summed E-state index contributed by atoms with van der Waals surface area (Å²) < 4.78 is 13.2. The molecule has 3 N–H and O–H groups in total. The van der Waals surface area contributed by atoms with Gasteiger partial charge in [0.05, 0.1) is 5.69 Å². The van der Waals surface area contributed by atoms with Crippen molar-refractivity contribution in [3.63, 3.8) is 0 Å². The molecule has 0 aliphatic carbocycles. The molecule has 0 fully saturated rings. The molecule has 76 valence electrons. The first-order valence-corrected chi connectivity index (χ1v) is 4.46. The summed E-state index contributed by atoms with van der Waals surface area (Å²) in [5, 5.41) is 2.70. The summed E-state index contributed by atoms with van der Waals surface area (Å²) in [5.41, 5.74) is 6.84. The zero-order chi connectivity index (χ0) is 10.6. The number of nitrogens with two attached hydrogens (primary N) is 1. The van der Waals surface area contributed by atoms with Gasteiger partial charge in [-0.1, -0.05) is 6.07 Å². The summed E-state index contributed by atoms with van der Waals surface area (Å²) in [5.74, 6) is -0.0955. The first kappa shape index (κ1) is 10.5. The number of rotatable bonds is 2. The van der Waals surface area contributed by atoms with Crippen LogP contribution in [0.25, 0.3) is 0 Å². The Bertz CT molecular complexity index is 347. The molecule has 0 aromatic heterocycles. The van der Waals surface area contributed by atoms with Gasteiger partial charge in [-0.3, -0.25) is 4.99 Å². The molecule has 0 radical (unpaired) electrons. The molecular formula is C10H14FN3. The topological polar surface area (TPSA) is 50.4 Å². The normalized spacial score (nSPS) is 11.5. The van der Waals surface area contributed by atoms with Gasteiger partial charge in [0.2, 0.25) is 0 Å². The van der Waals surface area contributed by atoms with E-state index in [0.29, 0.717) is 12.2 Å². The largest absolute Gasteiger partial charge is 0.370 e. The van der Waals surface area contributed by atoms with Gasteiger partial charge in [0, 0.05) is 6.54 Å². The molecule has 0 aliphatic rings. The van der Waals surface area contributed by atoms with Gasteiger partial charge in [0.1, 0.15) is 5.82 Å².